The SMILES string of the molecule is Cc1cc(C=NCC2CCCN2Cc2cc(Cl)cc(Cl)c2O)c(O)c(C23CC4CC(CC(C4)C2)C3)c1. The highest BCUT2D eigenvalue weighted by Crippen LogP contribution is 2.62. The average molecular weight is 528 g/mol. The van der Waals surface area contributed by atoms with E-state index in [1.165, 1.54) is 49.7 Å². The number of hydrogen-bond donors (Lipinski definition) is 2. The van der Waals surface area contributed by atoms with E-state index >= 15 is 0 Å². The molecule has 0 spiro atoms. The summed E-state index contributed by atoms with van der Waals surface area (Å²) in [4.78, 5) is 7.16. The van der Waals surface area contributed by atoms with Crippen molar-refractivity contribution in [3.63, 3.8) is 0 Å². The molecule has 1 saturated heterocycles. The molecule has 2 aromatic carbocycles. The summed E-state index contributed by atoms with van der Waals surface area (Å²) in [5.74, 6) is 3.09. The molecule has 7 rings (SSSR count). The lowest BCUT2D eigenvalue weighted by atomic mass is 9.48. The minimum Gasteiger partial charge on any atom is -0.507 e. The predicted octanol–water partition coefficient (Wildman–Crippen LogP) is 7.26. The average Bonchev–Trinajstić information content (AvgIpc) is 3.25. The van der Waals surface area contributed by atoms with Crippen molar-refractivity contribution in [3.05, 3.63) is 56.6 Å². The molecule has 0 aromatic heterocycles. The van der Waals surface area contributed by atoms with Gasteiger partial charge in [0.2, 0.25) is 0 Å². The monoisotopic (exact) mass is 526 g/mol. The molecular weight excluding hydrogens is 491 g/mol. The fourth-order valence-electron chi connectivity index (χ4n) is 8.29. The summed E-state index contributed by atoms with van der Waals surface area (Å²) in [6.45, 7) is 4.35. The lowest BCUT2D eigenvalue weighted by Crippen LogP contribution is -2.48. The molecule has 4 saturated carbocycles. The molecule has 5 fully saturated rings. The normalized spacial score (nSPS) is 31.6. The van der Waals surface area contributed by atoms with E-state index in [1.54, 1.807) is 12.1 Å². The van der Waals surface area contributed by atoms with E-state index in [4.69, 9.17) is 28.2 Å². The van der Waals surface area contributed by atoms with Gasteiger partial charge in [-0.05, 0) is 112 Å². The molecule has 2 aromatic rings. The number of halogens is 2. The zero-order chi connectivity index (χ0) is 25.0. The Kier molecular flexibility index (Phi) is 6.50. The minimum absolute atomic E-state index is 0.108. The summed E-state index contributed by atoms with van der Waals surface area (Å²) in [5, 5.41) is 22.7. The molecule has 4 nitrogen and oxygen atoms in total. The maximum absolute atomic E-state index is 11.4. The Labute approximate surface area is 224 Å². The number of rotatable bonds is 6. The zero-order valence-corrected chi connectivity index (χ0v) is 22.5. The van der Waals surface area contributed by atoms with Crippen LogP contribution in [0.4, 0.5) is 0 Å². The molecule has 6 heteroatoms. The first-order valence-electron chi connectivity index (χ1n) is 13.5. The molecule has 0 amide bonds. The fourth-order valence-corrected chi connectivity index (χ4v) is 8.83. The van der Waals surface area contributed by atoms with Crippen molar-refractivity contribution in [2.24, 2.45) is 22.7 Å². The zero-order valence-electron chi connectivity index (χ0n) is 21.0. The first kappa shape index (κ1) is 24.6. The maximum atomic E-state index is 11.4. The molecular formula is C30H36Cl2N2O2. The Morgan fingerprint density at radius 1 is 1.00 bits per heavy atom. The number of aliphatic imine (C=N–C) groups is 1. The number of phenolic OH excluding ortho intramolecular Hbond substituents is 2. The number of hydrogen-bond acceptors (Lipinski definition) is 4. The summed E-state index contributed by atoms with van der Waals surface area (Å²) in [6.07, 6.45) is 12.0. The van der Waals surface area contributed by atoms with Crippen LogP contribution in [-0.2, 0) is 12.0 Å². The van der Waals surface area contributed by atoms with Crippen molar-refractivity contribution in [1.29, 1.82) is 0 Å². The molecule has 1 aliphatic heterocycles. The van der Waals surface area contributed by atoms with E-state index < -0.39 is 0 Å². The highest BCUT2D eigenvalue weighted by atomic mass is 35.5. The van der Waals surface area contributed by atoms with Crippen LogP contribution in [0.15, 0.2) is 29.3 Å². The molecule has 1 heterocycles. The number of benzene rings is 2. The van der Waals surface area contributed by atoms with Crippen molar-refractivity contribution in [1.82, 2.24) is 4.90 Å². The highest BCUT2D eigenvalue weighted by Gasteiger charge is 2.52. The first-order valence-corrected chi connectivity index (χ1v) is 14.3. The van der Waals surface area contributed by atoms with Gasteiger partial charge in [0.15, 0.2) is 0 Å². The summed E-state index contributed by atoms with van der Waals surface area (Å²) in [5.41, 5.74) is 4.15. The van der Waals surface area contributed by atoms with Crippen LogP contribution in [0, 0.1) is 24.7 Å². The third kappa shape index (κ3) is 4.54. The third-order valence-electron chi connectivity index (χ3n) is 9.42. The Morgan fingerprint density at radius 2 is 1.69 bits per heavy atom. The van der Waals surface area contributed by atoms with Crippen LogP contribution in [0.5, 0.6) is 11.5 Å². The quantitative estimate of drug-likeness (QED) is 0.389. The smallest absolute Gasteiger partial charge is 0.138 e. The molecule has 1 atom stereocenters. The summed E-state index contributed by atoms with van der Waals surface area (Å²) in [6, 6.07) is 7.97. The van der Waals surface area contributed by atoms with Crippen molar-refractivity contribution < 1.29 is 10.2 Å². The molecule has 5 aliphatic rings. The molecule has 192 valence electrons. The van der Waals surface area contributed by atoms with E-state index in [9.17, 15) is 10.2 Å². The number of nitrogens with zero attached hydrogens (tertiary/aromatic N) is 2. The van der Waals surface area contributed by atoms with Crippen LogP contribution in [-0.4, -0.2) is 40.5 Å². The molecule has 2 N–H and O–H groups in total. The lowest BCUT2D eigenvalue weighted by molar-refractivity contribution is -0.00616. The summed E-state index contributed by atoms with van der Waals surface area (Å²) >= 11 is 12.3. The van der Waals surface area contributed by atoms with Crippen LogP contribution in [0.3, 0.4) is 0 Å². The van der Waals surface area contributed by atoms with E-state index in [0.717, 1.165) is 48.3 Å². The standard InChI is InChI=1S/C30H36Cl2N2O2/c1-18-5-22(28(35)26(6-18)30-12-19-7-20(13-30)9-21(8-19)14-30)15-33-16-25-3-2-4-34(25)17-23-10-24(31)11-27(32)29(23)36/h5-6,10-11,15,19-21,25,35-36H,2-4,7-9,12-14,16-17H2,1H3. The molecule has 1 unspecified atom stereocenters. The number of likely N-dealkylation sites (tertiary alicyclic amines) is 1. The van der Waals surface area contributed by atoms with Gasteiger partial charge in [-0.25, -0.2) is 0 Å². The highest BCUT2D eigenvalue weighted by molar-refractivity contribution is 6.35. The van der Waals surface area contributed by atoms with Crippen molar-refractivity contribution >= 4 is 29.4 Å². The van der Waals surface area contributed by atoms with Gasteiger partial charge in [-0.1, -0.05) is 29.3 Å². The first-order chi connectivity index (χ1) is 17.3. The van der Waals surface area contributed by atoms with Gasteiger partial charge in [-0.2, -0.15) is 0 Å². The Morgan fingerprint density at radius 3 is 2.39 bits per heavy atom. The number of phenols is 2. The van der Waals surface area contributed by atoms with Gasteiger partial charge >= 0.3 is 0 Å². The second-order valence-electron chi connectivity index (χ2n) is 12.1. The van der Waals surface area contributed by atoms with Crippen LogP contribution in [0.25, 0.3) is 0 Å². The van der Waals surface area contributed by atoms with Crippen molar-refractivity contribution in [2.75, 3.05) is 13.1 Å². The van der Waals surface area contributed by atoms with Gasteiger partial charge in [0.25, 0.3) is 0 Å². The third-order valence-corrected chi connectivity index (χ3v) is 9.93. The van der Waals surface area contributed by atoms with E-state index in [0.29, 0.717) is 23.9 Å². The van der Waals surface area contributed by atoms with Gasteiger partial charge in [0.1, 0.15) is 11.5 Å². The second-order valence-corrected chi connectivity index (χ2v) is 12.9. The van der Waals surface area contributed by atoms with Crippen LogP contribution >= 0.6 is 23.2 Å². The van der Waals surface area contributed by atoms with Crippen LogP contribution in [0.1, 0.15) is 73.6 Å². The van der Waals surface area contributed by atoms with E-state index in [1.807, 2.05) is 6.21 Å². The molecule has 4 bridgehead atoms. The number of aryl methyl sites for hydroxylation is 1. The van der Waals surface area contributed by atoms with Crippen LogP contribution < -0.4 is 0 Å². The summed E-state index contributed by atoms with van der Waals surface area (Å²) in [7, 11) is 0. The Hall–Kier alpha value is -1.75. The van der Waals surface area contributed by atoms with Gasteiger partial charge in [0, 0.05) is 40.5 Å². The largest absolute Gasteiger partial charge is 0.507 e. The minimum atomic E-state index is 0.108. The predicted molar refractivity (Wildman–Crippen MR) is 147 cm³/mol. The molecule has 4 aliphatic carbocycles. The van der Waals surface area contributed by atoms with Gasteiger partial charge in [-0.15, -0.1) is 0 Å². The molecule has 0 radical (unpaired) electrons. The van der Waals surface area contributed by atoms with Gasteiger partial charge in [-0.3, -0.25) is 9.89 Å². The van der Waals surface area contributed by atoms with E-state index in [2.05, 4.69) is 24.0 Å². The van der Waals surface area contributed by atoms with Crippen molar-refractivity contribution in [2.45, 2.75) is 76.3 Å². The molecule has 36 heavy (non-hydrogen) atoms. The Balaban J connectivity index is 1.19. The fraction of sp³-hybridized carbons (Fsp3) is 0.567. The summed E-state index contributed by atoms with van der Waals surface area (Å²) < 4.78 is 0. The van der Waals surface area contributed by atoms with Gasteiger partial charge < -0.3 is 10.2 Å². The van der Waals surface area contributed by atoms with Crippen LogP contribution in [0.2, 0.25) is 10.0 Å². The second kappa shape index (κ2) is 9.53. The topological polar surface area (TPSA) is 56.1 Å². The van der Waals surface area contributed by atoms with E-state index in [-0.39, 0.29) is 22.2 Å². The lowest BCUT2D eigenvalue weighted by Gasteiger charge is -2.57. The van der Waals surface area contributed by atoms with Gasteiger partial charge in [0.05, 0.1) is 11.6 Å². The maximum Gasteiger partial charge on any atom is 0.138 e. The van der Waals surface area contributed by atoms with Crippen molar-refractivity contribution in [3.8, 4) is 11.5 Å². The number of aromatic hydroxyl groups is 2. The Bertz CT molecular complexity index is 1160.